The lowest BCUT2D eigenvalue weighted by Gasteiger charge is -2.11. The standard InChI is InChI=1S/2C43H27N3S.C41H25N3S/c1-3-10-28(11-4-1)30-18-22-33(23-19-30)41-44-42(34-24-20-31(21-25-34)29-12-5-2-6-13-29)46-43(45-41)37-16-9-17-38-39(37)36-27-26-32-14-7-8-15-35(32)40(36)47-38;1-2-10-28(11-3-1)32-14-8-15-33(26-32)42-44-41(31-22-20-30(21-23-31)36-18-9-13-29-12-4-5-16-35(29)36)45-43(46-42)34-24-25-38-37-17-6-7-19-39(37)47-40(38)27-34;1-2-11-29(12-3-1)39-42-40(30-20-17-27(18-21-30)32-22-19-26-9-4-5-13-31(26)25-32)44-41(43-39)35-15-8-16-36-37(35)34-24-23-28-10-6-7-14-33(28)38(34)45-36/h2*1-27H;1-25H. The predicted molar refractivity (Wildman–Crippen MR) is 584 cm³/mol. The van der Waals surface area contributed by atoms with Crippen LogP contribution in [0.1, 0.15) is 0 Å². The van der Waals surface area contributed by atoms with Crippen LogP contribution < -0.4 is 0 Å². The molecule has 650 valence electrons. The lowest BCUT2D eigenvalue weighted by atomic mass is 9.97. The van der Waals surface area contributed by atoms with Gasteiger partial charge in [0, 0.05) is 111 Å². The molecule has 6 heterocycles. The summed E-state index contributed by atoms with van der Waals surface area (Å²) < 4.78 is 7.52. The summed E-state index contributed by atoms with van der Waals surface area (Å²) >= 11 is 5.46. The van der Waals surface area contributed by atoms with Crippen LogP contribution in [0.4, 0.5) is 0 Å². The summed E-state index contributed by atoms with van der Waals surface area (Å²) in [5, 5.41) is 17.3. The lowest BCUT2D eigenvalue weighted by Crippen LogP contribution is -2.00. The summed E-state index contributed by atoms with van der Waals surface area (Å²) in [7, 11) is 0. The molecule has 0 aliphatic carbocycles. The van der Waals surface area contributed by atoms with E-state index in [0.717, 1.165) is 83.5 Å². The van der Waals surface area contributed by atoms with E-state index in [1.165, 1.54) is 126 Å². The molecule has 6 aromatic heterocycles. The van der Waals surface area contributed by atoms with Gasteiger partial charge < -0.3 is 0 Å². The topological polar surface area (TPSA) is 116 Å². The number of benzene rings is 21. The number of aromatic nitrogens is 9. The number of hydrogen-bond acceptors (Lipinski definition) is 12. The Morgan fingerprint density at radius 2 is 0.396 bits per heavy atom. The van der Waals surface area contributed by atoms with Gasteiger partial charge in [0.1, 0.15) is 0 Å². The van der Waals surface area contributed by atoms with Crippen molar-refractivity contribution in [3.63, 3.8) is 0 Å². The number of fused-ring (bicyclic) bond motifs is 15. The Balaban J connectivity index is 0.000000110. The van der Waals surface area contributed by atoms with Crippen LogP contribution in [0.15, 0.2) is 479 Å². The first kappa shape index (κ1) is 83.2. The molecular formula is C127H79N9S3. The summed E-state index contributed by atoms with van der Waals surface area (Å²) in [6.45, 7) is 0. The Labute approximate surface area is 813 Å². The van der Waals surface area contributed by atoms with Crippen molar-refractivity contribution in [2.24, 2.45) is 0 Å². The van der Waals surface area contributed by atoms with Gasteiger partial charge in [0.2, 0.25) is 0 Å². The van der Waals surface area contributed by atoms with Crippen LogP contribution in [-0.2, 0) is 0 Å². The molecule has 27 aromatic rings. The zero-order valence-corrected chi connectivity index (χ0v) is 77.3. The van der Waals surface area contributed by atoms with Crippen molar-refractivity contribution < 1.29 is 0 Å². The fraction of sp³-hybridized carbons (Fsp3) is 0. The molecule has 0 bridgehead atoms. The zero-order valence-electron chi connectivity index (χ0n) is 74.9. The zero-order chi connectivity index (χ0) is 92.1. The maximum absolute atomic E-state index is 5.15. The van der Waals surface area contributed by atoms with E-state index < -0.39 is 0 Å². The molecule has 0 fully saturated rings. The quantitative estimate of drug-likeness (QED) is 0.105. The number of hydrogen-bond donors (Lipinski definition) is 0. The summed E-state index contributed by atoms with van der Waals surface area (Å²) in [5.41, 5.74) is 20.4. The number of nitrogens with zero attached hydrogens (tertiary/aromatic N) is 9. The first-order chi connectivity index (χ1) is 68.8. The van der Waals surface area contributed by atoms with E-state index in [4.69, 9.17) is 44.9 Å². The van der Waals surface area contributed by atoms with Gasteiger partial charge in [-0.15, -0.1) is 34.0 Å². The fourth-order valence-corrected chi connectivity index (χ4v) is 22.7. The van der Waals surface area contributed by atoms with Crippen molar-refractivity contribution in [3.8, 4) is 158 Å². The smallest absolute Gasteiger partial charge is 0.164 e. The fourth-order valence-electron chi connectivity index (χ4n) is 19.0. The van der Waals surface area contributed by atoms with Crippen LogP contribution >= 0.6 is 34.0 Å². The highest BCUT2D eigenvalue weighted by Crippen LogP contribution is 2.47. The molecule has 0 radical (unpaired) electrons. The van der Waals surface area contributed by atoms with Gasteiger partial charge in [0.05, 0.1) is 0 Å². The predicted octanol–water partition coefficient (Wildman–Crippen LogP) is 34.7. The molecule has 0 aliphatic heterocycles. The molecular weight excluding hydrogens is 1750 g/mol. The average Bonchev–Trinajstić information content (AvgIpc) is 1.59. The van der Waals surface area contributed by atoms with Gasteiger partial charge in [0.15, 0.2) is 52.4 Å². The maximum Gasteiger partial charge on any atom is 0.164 e. The first-order valence-corrected chi connectivity index (χ1v) is 48.9. The first-order valence-electron chi connectivity index (χ1n) is 46.4. The lowest BCUT2D eigenvalue weighted by molar-refractivity contribution is 1.07. The number of thiophene rings is 3. The second-order valence-corrected chi connectivity index (χ2v) is 37.7. The SMILES string of the molecule is c1ccc(-c2ccc(-c3nc(-c4ccc(-c5ccccc5)cc4)nc(-c4cccc5sc6c7ccccc7ccc6c45)n3)cc2)cc1.c1ccc(-c2cccc(-c3nc(-c4ccc(-c5cccc6ccccc56)cc4)nc(-c4ccc5c(c4)sc4ccccc45)n3)c2)cc1.c1ccc(-c2nc(-c3ccc(-c4ccc5ccccc5c4)cc3)nc(-c3cccc4sc5c6ccccc6ccc5c34)n2)cc1. The van der Waals surface area contributed by atoms with Crippen molar-refractivity contribution in [3.05, 3.63) is 479 Å². The molecule has 27 rings (SSSR count). The Morgan fingerprint density at radius 3 is 0.892 bits per heavy atom. The van der Waals surface area contributed by atoms with Crippen LogP contribution in [0.25, 0.3) is 262 Å². The molecule has 0 aliphatic rings. The average molecular weight is 1830 g/mol. The molecule has 139 heavy (non-hydrogen) atoms. The van der Waals surface area contributed by atoms with Gasteiger partial charge in [-0.3, -0.25) is 0 Å². The molecule has 0 unspecified atom stereocenters. The molecule has 0 atom stereocenters. The minimum absolute atomic E-state index is 0.649. The second-order valence-electron chi connectivity index (χ2n) is 34.6. The van der Waals surface area contributed by atoms with E-state index in [2.05, 4.69) is 443 Å². The minimum atomic E-state index is 0.649. The molecule has 0 saturated heterocycles. The van der Waals surface area contributed by atoms with Gasteiger partial charge in [-0.2, -0.15) is 0 Å². The van der Waals surface area contributed by atoms with Crippen molar-refractivity contribution in [2.75, 3.05) is 0 Å². The van der Waals surface area contributed by atoms with Crippen LogP contribution in [-0.4, -0.2) is 44.9 Å². The Bertz CT molecular complexity index is 9250. The van der Waals surface area contributed by atoms with Gasteiger partial charge in [0.25, 0.3) is 0 Å². The molecule has 12 heteroatoms. The Kier molecular flexibility index (Phi) is 21.7. The highest BCUT2D eigenvalue weighted by Gasteiger charge is 2.24. The third kappa shape index (κ3) is 16.3. The van der Waals surface area contributed by atoms with E-state index in [9.17, 15) is 0 Å². The molecule has 0 spiro atoms. The van der Waals surface area contributed by atoms with Crippen molar-refractivity contribution in [1.29, 1.82) is 0 Å². The summed E-state index contributed by atoms with van der Waals surface area (Å²) in [5.74, 6) is 5.93. The third-order valence-corrected chi connectivity index (χ3v) is 29.6. The molecule has 0 saturated carbocycles. The molecule has 9 nitrogen and oxygen atoms in total. The Hall–Kier alpha value is -17.7. The summed E-state index contributed by atoms with van der Waals surface area (Å²) in [6, 6.07) is 168. The van der Waals surface area contributed by atoms with Crippen LogP contribution in [0.5, 0.6) is 0 Å². The third-order valence-electron chi connectivity index (χ3n) is 26.0. The van der Waals surface area contributed by atoms with Gasteiger partial charge in [-0.05, 0) is 135 Å². The van der Waals surface area contributed by atoms with E-state index in [-0.39, 0.29) is 0 Å². The van der Waals surface area contributed by atoms with Gasteiger partial charge >= 0.3 is 0 Å². The van der Waals surface area contributed by atoms with Crippen molar-refractivity contribution >= 4 is 138 Å². The highest BCUT2D eigenvalue weighted by atomic mass is 32.1. The highest BCUT2D eigenvalue weighted by molar-refractivity contribution is 7.27. The summed E-state index contributed by atoms with van der Waals surface area (Å²) in [6.07, 6.45) is 0. The molecule has 0 N–H and O–H groups in total. The number of rotatable bonds is 14. The minimum Gasteiger partial charge on any atom is -0.208 e. The second kappa shape index (κ2) is 36.3. The maximum atomic E-state index is 5.15. The van der Waals surface area contributed by atoms with Crippen LogP contribution in [0.2, 0.25) is 0 Å². The van der Waals surface area contributed by atoms with Crippen molar-refractivity contribution in [2.45, 2.75) is 0 Å². The molecule has 21 aromatic carbocycles. The van der Waals surface area contributed by atoms with Gasteiger partial charge in [-0.25, -0.2) is 44.9 Å². The summed E-state index contributed by atoms with van der Waals surface area (Å²) in [4.78, 5) is 45.8. The van der Waals surface area contributed by atoms with E-state index >= 15 is 0 Å². The van der Waals surface area contributed by atoms with Crippen LogP contribution in [0.3, 0.4) is 0 Å². The van der Waals surface area contributed by atoms with Gasteiger partial charge in [-0.1, -0.05) is 443 Å². The normalized spacial score (nSPS) is 11.5. The Morgan fingerprint density at radius 1 is 0.122 bits per heavy atom. The molecule has 0 amide bonds. The van der Waals surface area contributed by atoms with Crippen LogP contribution in [0, 0.1) is 0 Å². The van der Waals surface area contributed by atoms with E-state index in [1.54, 1.807) is 11.3 Å². The van der Waals surface area contributed by atoms with Crippen molar-refractivity contribution in [1.82, 2.24) is 44.9 Å². The monoisotopic (exact) mass is 1830 g/mol. The van der Waals surface area contributed by atoms with E-state index in [1.807, 2.05) is 59.1 Å². The van der Waals surface area contributed by atoms with E-state index in [0.29, 0.717) is 52.4 Å². The largest absolute Gasteiger partial charge is 0.208 e.